The molecule has 1 aliphatic rings. The normalized spacial score (nSPS) is 21.9. The van der Waals surface area contributed by atoms with Crippen LogP contribution in [0, 0.1) is 5.82 Å². The molecule has 0 spiro atoms. The number of hydrogen-bond acceptors (Lipinski definition) is 2. The monoisotopic (exact) mass is 260 g/mol. The SMILES string of the molecule is CN1C(=O)[C@@](O)(c2cccn2C)c2cc(F)ccc21. The molecule has 2 heterocycles. The van der Waals surface area contributed by atoms with E-state index in [1.807, 2.05) is 0 Å². The maximum absolute atomic E-state index is 13.5. The first-order valence-corrected chi connectivity index (χ1v) is 5.88. The second-order valence-corrected chi connectivity index (χ2v) is 4.74. The first-order valence-electron chi connectivity index (χ1n) is 5.88. The Morgan fingerprint density at radius 1 is 1.26 bits per heavy atom. The van der Waals surface area contributed by atoms with E-state index in [2.05, 4.69) is 0 Å². The second kappa shape index (κ2) is 3.68. The molecule has 1 aliphatic heterocycles. The highest BCUT2D eigenvalue weighted by Gasteiger charge is 2.51. The second-order valence-electron chi connectivity index (χ2n) is 4.74. The van der Waals surface area contributed by atoms with E-state index in [1.54, 1.807) is 37.0 Å². The van der Waals surface area contributed by atoms with Crippen molar-refractivity contribution in [2.45, 2.75) is 5.60 Å². The number of aromatic nitrogens is 1. The molecule has 0 saturated heterocycles. The van der Waals surface area contributed by atoms with Crippen molar-refractivity contribution in [1.82, 2.24) is 4.57 Å². The van der Waals surface area contributed by atoms with Gasteiger partial charge in [0, 0.05) is 25.9 Å². The number of rotatable bonds is 1. The molecule has 19 heavy (non-hydrogen) atoms. The third-order valence-electron chi connectivity index (χ3n) is 3.64. The number of aliphatic hydroxyl groups is 1. The van der Waals surface area contributed by atoms with Gasteiger partial charge in [0.2, 0.25) is 5.60 Å². The van der Waals surface area contributed by atoms with Crippen molar-refractivity contribution in [2.24, 2.45) is 7.05 Å². The number of likely N-dealkylation sites (N-methyl/N-ethyl adjacent to an activating group) is 1. The Bertz CT molecular complexity index is 680. The number of carbonyl (C=O) groups is 1. The summed E-state index contributed by atoms with van der Waals surface area (Å²) in [7, 11) is 3.30. The summed E-state index contributed by atoms with van der Waals surface area (Å²) in [6.07, 6.45) is 1.73. The van der Waals surface area contributed by atoms with Gasteiger partial charge in [-0.25, -0.2) is 4.39 Å². The van der Waals surface area contributed by atoms with Gasteiger partial charge in [-0.2, -0.15) is 0 Å². The van der Waals surface area contributed by atoms with Crippen LogP contribution < -0.4 is 4.90 Å². The zero-order valence-corrected chi connectivity index (χ0v) is 10.6. The van der Waals surface area contributed by atoms with Gasteiger partial charge in [0.05, 0.1) is 11.4 Å². The van der Waals surface area contributed by atoms with Crippen LogP contribution in [0.5, 0.6) is 0 Å². The van der Waals surface area contributed by atoms with Crippen LogP contribution in [-0.4, -0.2) is 22.6 Å². The van der Waals surface area contributed by atoms with Crippen LogP contribution in [0.4, 0.5) is 10.1 Å². The Balaban J connectivity index is 2.32. The molecule has 1 aromatic heterocycles. The molecule has 0 bridgehead atoms. The van der Waals surface area contributed by atoms with Gasteiger partial charge < -0.3 is 14.6 Å². The minimum Gasteiger partial charge on any atom is -0.371 e. The fraction of sp³-hybridized carbons (Fsp3) is 0.214. The van der Waals surface area contributed by atoms with Gasteiger partial charge in [-0.3, -0.25) is 4.79 Å². The predicted octanol–water partition coefficient (Wildman–Crippen LogP) is 1.38. The lowest BCUT2D eigenvalue weighted by atomic mass is 9.91. The molecule has 0 aliphatic carbocycles. The molecule has 0 fully saturated rings. The number of fused-ring (bicyclic) bond motifs is 1. The summed E-state index contributed by atoms with van der Waals surface area (Å²) in [5, 5.41) is 10.9. The van der Waals surface area contributed by atoms with Crippen LogP contribution in [0.15, 0.2) is 36.5 Å². The van der Waals surface area contributed by atoms with Gasteiger partial charge in [-0.05, 0) is 30.3 Å². The Labute approximate surface area is 109 Å². The molecule has 0 saturated carbocycles. The van der Waals surface area contributed by atoms with Crippen molar-refractivity contribution in [3.8, 4) is 0 Å². The fourth-order valence-electron chi connectivity index (χ4n) is 2.64. The van der Waals surface area contributed by atoms with Gasteiger partial charge in [-0.1, -0.05) is 0 Å². The lowest BCUT2D eigenvalue weighted by Gasteiger charge is -2.22. The van der Waals surface area contributed by atoms with Crippen LogP contribution in [0.2, 0.25) is 0 Å². The number of halogens is 1. The molecule has 98 valence electrons. The number of aryl methyl sites for hydroxylation is 1. The van der Waals surface area contributed by atoms with E-state index < -0.39 is 17.3 Å². The lowest BCUT2D eigenvalue weighted by Crippen LogP contribution is -2.40. The minimum atomic E-state index is -1.83. The van der Waals surface area contributed by atoms with E-state index in [4.69, 9.17) is 0 Å². The van der Waals surface area contributed by atoms with Crippen LogP contribution in [-0.2, 0) is 17.4 Å². The first kappa shape index (κ1) is 11.9. The molecular formula is C14H13FN2O2. The Morgan fingerprint density at radius 3 is 2.63 bits per heavy atom. The number of carbonyl (C=O) groups excluding carboxylic acids is 1. The third-order valence-corrected chi connectivity index (χ3v) is 3.64. The summed E-state index contributed by atoms with van der Waals surface area (Å²) >= 11 is 0. The number of amides is 1. The van der Waals surface area contributed by atoms with Crippen LogP contribution in [0.25, 0.3) is 0 Å². The van der Waals surface area contributed by atoms with Crippen molar-refractivity contribution in [1.29, 1.82) is 0 Å². The van der Waals surface area contributed by atoms with Gasteiger partial charge in [0.15, 0.2) is 0 Å². The molecule has 0 unspecified atom stereocenters. The van der Waals surface area contributed by atoms with Crippen molar-refractivity contribution in [2.75, 3.05) is 11.9 Å². The van der Waals surface area contributed by atoms with E-state index in [0.29, 0.717) is 11.4 Å². The topological polar surface area (TPSA) is 45.5 Å². The summed E-state index contributed by atoms with van der Waals surface area (Å²) in [5.74, 6) is -0.954. The van der Waals surface area contributed by atoms with Gasteiger partial charge >= 0.3 is 0 Å². The van der Waals surface area contributed by atoms with Crippen molar-refractivity contribution < 1.29 is 14.3 Å². The van der Waals surface area contributed by atoms with Crippen LogP contribution in [0.3, 0.4) is 0 Å². The van der Waals surface area contributed by atoms with Crippen molar-refractivity contribution >= 4 is 11.6 Å². The molecule has 1 amide bonds. The number of nitrogens with zero attached hydrogens (tertiary/aromatic N) is 2. The third kappa shape index (κ3) is 1.39. The van der Waals surface area contributed by atoms with E-state index in [-0.39, 0.29) is 5.56 Å². The molecule has 5 heteroatoms. The highest BCUT2D eigenvalue weighted by Crippen LogP contribution is 2.43. The van der Waals surface area contributed by atoms with Crippen LogP contribution >= 0.6 is 0 Å². The molecule has 1 atom stereocenters. The van der Waals surface area contributed by atoms with Gasteiger partial charge in [0.25, 0.3) is 5.91 Å². The van der Waals surface area contributed by atoms with Crippen molar-refractivity contribution in [3.63, 3.8) is 0 Å². The molecule has 3 rings (SSSR count). The summed E-state index contributed by atoms with van der Waals surface area (Å²) in [4.78, 5) is 13.7. The average Bonchev–Trinajstić information content (AvgIpc) is 2.88. The minimum absolute atomic E-state index is 0.279. The van der Waals surface area contributed by atoms with E-state index in [1.165, 1.54) is 23.1 Å². The van der Waals surface area contributed by atoms with Crippen LogP contribution in [0.1, 0.15) is 11.3 Å². The zero-order valence-electron chi connectivity index (χ0n) is 10.6. The smallest absolute Gasteiger partial charge is 0.269 e. The standard InChI is InChI=1S/C14H13FN2O2/c1-16-7-3-4-12(16)14(19)10-8-9(15)5-6-11(10)17(2)13(14)18/h3-8,19H,1-2H3/t14-/m0/s1. The van der Waals surface area contributed by atoms with Gasteiger partial charge in [-0.15, -0.1) is 0 Å². The van der Waals surface area contributed by atoms with E-state index in [9.17, 15) is 14.3 Å². The molecule has 4 nitrogen and oxygen atoms in total. The van der Waals surface area contributed by atoms with E-state index in [0.717, 1.165) is 0 Å². The van der Waals surface area contributed by atoms with E-state index >= 15 is 0 Å². The first-order chi connectivity index (χ1) is 8.96. The number of hydrogen-bond donors (Lipinski definition) is 1. The Hall–Kier alpha value is -2.14. The van der Waals surface area contributed by atoms with Gasteiger partial charge in [0.1, 0.15) is 5.82 Å². The maximum atomic E-state index is 13.5. The summed E-state index contributed by atoms with van der Waals surface area (Å²) < 4.78 is 15.1. The molecule has 1 aromatic carbocycles. The summed E-state index contributed by atoms with van der Waals surface area (Å²) in [6.45, 7) is 0. The highest BCUT2D eigenvalue weighted by molar-refractivity contribution is 6.08. The zero-order chi connectivity index (χ0) is 13.8. The predicted molar refractivity (Wildman–Crippen MR) is 68.2 cm³/mol. The summed E-state index contributed by atoms with van der Waals surface area (Å²) in [6, 6.07) is 7.39. The maximum Gasteiger partial charge on any atom is 0.269 e. The number of anilines is 1. The average molecular weight is 260 g/mol. The quantitative estimate of drug-likeness (QED) is 0.842. The van der Waals surface area contributed by atoms with Crippen molar-refractivity contribution in [3.05, 3.63) is 53.6 Å². The Kier molecular flexibility index (Phi) is 2.31. The summed E-state index contributed by atoms with van der Waals surface area (Å²) in [5.41, 5.74) is -0.602. The largest absolute Gasteiger partial charge is 0.371 e. The molecule has 1 N–H and O–H groups in total. The highest BCUT2D eigenvalue weighted by atomic mass is 19.1. The molecular weight excluding hydrogens is 247 g/mol. The lowest BCUT2D eigenvalue weighted by molar-refractivity contribution is -0.132. The fourth-order valence-corrected chi connectivity index (χ4v) is 2.64. The number of benzene rings is 1. The molecule has 0 radical (unpaired) electrons. The molecule has 2 aromatic rings. The Morgan fingerprint density at radius 2 is 2.00 bits per heavy atom.